The van der Waals surface area contributed by atoms with Crippen LogP contribution < -0.4 is 10.5 Å². The molecule has 0 spiro atoms. The Labute approximate surface area is 123 Å². The summed E-state index contributed by atoms with van der Waals surface area (Å²) < 4.78 is 10.5. The molecule has 1 fully saturated rings. The zero-order valence-corrected chi connectivity index (χ0v) is 12.2. The first-order valence-corrected chi connectivity index (χ1v) is 7.22. The van der Waals surface area contributed by atoms with Crippen LogP contribution in [-0.4, -0.2) is 41.8 Å². The standard InChI is InChI=1S/C15H20N4O2/c1-20-12-6-4-5-11(9-12)15-17-14(18-21-15)13(16)10-19-7-2-3-8-19/h4-6,9,13H,2-3,7-8,10,16H2,1H3. The molecule has 112 valence electrons. The van der Waals surface area contributed by atoms with Gasteiger partial charge in [-0.1, -0.05) is 11.2 Å². The SMILES string of the molecule is COc1cccc(-c2nc(C(N)CN3CCCC3)no2)c1. The Morgan fingerprint density at radius 1 is 1.38 bits per heavy atom. The van der Waals surface area contributed by atoms with Crippen LogP contribution in [0.3, 0.4) is 0 Å². The third-order valence-electron chi connectivity index (χ3n) is 3.74. The molecule has 0 bridgehead atoms. The molecule has 21 heavy (non-hydrogen) atoms. The van der Waals surface area contributed by atoms with Crippen LogP contribution in [0.2, 0.25) is 0 Å². The fourth-order valence-corrected chi connectivity index (χ4v) is 2.58. The first kappa shape index (κ1) is 14.0. The predicted molar refractivity (Wildman–Crippen MR) is 78.9 cm³/mol. The highest BCUT2D eigenvalue weighted by atomic mass is 16.5. The van der Waals surface area contributed by atoms with Crippen molar-refractivity contribution in [3.8, 4) is 17.2 Å². The molecule has 0 amide bonds. The zero-order valence-electron chi connectivity index (χ0n) is 12.2. The van der Waals surface area contributed by atoms with Crippen molar-refractivity contribution in [3.63, 3.8) is 0 Å². The van der Waals surface area contributed by atoms with Gasteiger partial charge in [-0.3, -0.25) is 0 Å². The number of likely N-dealkylation sites (tertiary alicyclic amines) is 1. The van der Waals surface area contributed by atoms with E-state index in [1.165, 1.54) is 12.8 Å². The number of nitrogens with two attached hydrogens (primary N) is 1. The van der Waals surface area contributed by atoms with Gasteiger partial charge in [0.1, 0.15) is 5.75 Å². The topological polar surface area (TPSA) is 77.4 Å². The normalized spacial score (nSPS) is 17.0. The molecule has 1 saturated heterocycles. The van der Waals surface area contributed by atoms with Gasteiger partial charge in [0.05, 0.1) is 13.2 Å². The maximum atomic E-state index is 6.17. The molecule has 2 N–H and O–H groups in total. The van der Waals surface area contributed by atoms with Gasteiger partial charge in [-0.25, -0.2) is 0 Å². The monoisotopic (exact) mass is 288 g/mol. The molecule has 1 aromatic carbocycles. The van der Waals surface area contributed by atoms with Crippen LogP contribution in [0, 0.1) is 0 Å². The van der Waals surface area contributed by atoms with Crippen molar-refractivity contribution in [1.29, 1.82) is 0 Å². The van der Waals surface area contributed by atoms with Crippen molar-refractivity contribution in [1.82, 2.24) is 15.0 Å². The minimum atomic E-state index is -0.216. The number of methoxy groups -OCH3 is 1. The molecule has 2 heterocycles. The average Bonchev–Trinajstić information content (AvgIpc) is 3.18. The van der Waals surface area contributed by atoms with E-state index in [4.69, 9.17) is 15.0 Å². The van der Waals surface area contributed by atoms with Crippen molar-refractivity contribution in [3.05, 3.63) is 30.1 Å². The van der Waals surface area contributed by atoms with E-state index in [9.17, 15) is 0 Å². The van der Waals surface area contributed by atoms with Crippen LogP contribution in [0.15, 0.2) is 28.8 Å². The Hall–Kier alpha value is -1.92. The predicted octanol–water partition coefficient (Wildman–Crippen LogP) is 1.84. The summed E-state index contributed by atoms with van der Waals surface area (Å²) in [5.41, 5.74) is 7.01. The summed E-state index contributed by atoms with van der Waals surface area (Å²) in [6, 6.07) is 7.32. The summed E-state index contributed by atoms with van der Waals surface area (Å²) in [5, 5.41) is 4.01. The Morgan fingerprint density at radius 3 is 2.95 bits per heavy atom. The first-order chi connectivity index (χ1) is 10.3. The summed E-state index contributed by atoms with van der Waals surface area (Å²) in [6.07, 6.45) is 2.49. The lowest BCUT2D eigenvalue weighted by Crippen LogP contribution is -2.30. The van der Waals surface area contributed by atoms with E-state index < -0.39 is 0 Å². The summed E-state index contributed by atoms with van der Waals surface area (Å²) in [4.78, 5) is 6.75. The first-order valence-electron chi connectivity index (χ1n) is 7.22. The number of ether oxygens (including phenoxy) is 1. The lowest BCUT2D eigenvalue weighted by atomic mass is 10.2. The van der Waals surface area contributed by atoms with E-state index in [2.05, 4.69) is 15.0 Å². The fraction of sp³-hybridized carbons (Fsp3) is 0.467. The second-order valence-electron chi connectivity index (χ2n) is 5.30. The van der Waals surface area contributed by atoms with Gasteiger partial charge in [-0.15, -0.1) is 0 Å². The van der Waals surface area contributed by atoms with Gasteiger partial charge >= 0.3 is 0 Å². The summed E-state index contributed by atoms with van der Waals surface area (Å²) in [7, 11) is 1.63. The molecular weight excluding hydrogens is 268 g/mol. The summed E-state index contributed by atoms with van der Waals surface area (Å²) in [6.45, 7) is 2.99. The van der Waals surface area contributed by atoms with Gasteiger partial charge in [0, 0.05) is 12.1 Å². The van der Waals surface area contributed by atoms with Crippen LogP contribution in [-0.2, 0) is 0 Å². The molecule has 2 aromatic rings. The van der Waals surface area contributed by atoms with E-state index >= 15 is 0 Å². The molecule has 6 heteroatoms. The van der Waals surface area contributed by atoms with E-state index in [1.807, 2.05) is 24.3 Å². The minimum Gasteiger partial charge on any atom is -0.497 e. The molecule has 1 aliphatic rings. The maximum Gasteiger partial charge on any atom is 0.258 e. The Balaban J connectivity index is 1.72. The van der Waals surface area contributed by atoms with Gasteiger partial charge in [0.15, 0.2) is 5.82 Å². The second kappa shape index (κ2) is 6.24. The van der Waals surface area contributed by atoms with Gasteiger partial charge in [-0.05, 0) is 44.1 Å². The van der Waals surface area contributed by atoms with Crippen molar-refractivity contribution in [2.24, 2.45) is 5.73 Å². The minimum absolute atomic E-state index is 0.216. The number of nitrogens with zero attached hydrogens (tertiary/aromatic N) is 3. The number of benzene rings is 1. The number of hydrogen-bond donors (Lipinski definition) is 1. The van der Waals surface area contributed by atoms with E-state index in [-0.39, 0.29) is 6.04 Å². The fourth-order valence-electron chi connectivity index (χ4n) is 2.58. The molecule has 3 rings (SSSR count). The smallest absolute Gasteiger partial charge is 0.258 e. The van der Waals surface area contributed by atoms with Gasteiger partial charge in [0.2, 0.25) is 0 Å². The highest BCUT2D eigenvalue weighted by Gasteiger charge is 2.20. The van der Waals surface area contributed by atoms with Crippen molar-refractivity contribution in [2.45, 2.75) is 18.9 Å². The van der Waals surface area contributed by atoms with E-state index in [0.717, 1.165) is 30.9 Å². The Bertz CT molecular complexity index is 593. The number of rotatable bonds is 5. The Kier molecular flexibility index (Phi) is 4.17. The molecule has 1 aromatic heterocycles. The van der Waals surface area contributed by atoms with E-state index in [0.29, 0.717) is 11.7 Å². The lowest BCUT2D eigenvalue weighted by Gasteiger charge is -2.17. The molecule has 0 saturated carbocycles. The second-order valence-corrected chi connectivity index (χ2v) is 5.30. The van der Waals surface area contributed by atoms with Crippen molar-refractivity contribution in [2.75, 3.05) is 26.7 Å². The van der Waals surface area contributed by atoms with Crippen LogP contribution >= 0.6 is 0 Å². The third-order valence-corrected chi connectivity index (χ3v) is 3.74. The number of aromatic nitrogens is 2. The molecule has 1 atom stereocenters. The summed E-state index contributed by atoms with van der Waals surface area (Å²) >= 11 is 0. The zero-order chi connectivity index (χ0) is 14.7. The third kappa shape index (κ3) is 3.22. The molecule has 6 nitrogen and oxygen atoms in total. The van der Waals surface area contributed by atoms with Crippen LogP contribution in [0.1, 0.15) is 24.7 Å². The number of hydrogen-bond acceptors (Lipinski definition) is 6. The molecule has 0 radical (unpaired) electrons. The largest absolute Gasteiger partial charge is 0.497 e. The molecule has 1 aliphatic heterocycles. The molecular formula is C15H20N4O2. The maximum absolute atomic E-state index is 6.17. The average molecular weight is 288 g/mol. The highest BCUT2D eigenvalue weighted by Crippen LogP contribution is 2.23. The van der Waals surface area contributed by atoms with Crippen molar-refractivity contribution < 1.29 is 9.26 Å². The van der Waals surface area contributed by atoms with Crippen LogP contribution in [0.4, 0.5) is 0 Å². The van der Waals surface area contributed by atoms with Crippen molar-refractivity contribution >= 4 is 0 Å². The highest BCUT2D eigenvalue weighted by molar-refractivity contribution is 5.55. The van der Waals surface area contributed by atoms with Gasteiger partial charge in [-0.2, -0.15) is 4.98 Å². The van der Waals surface area contributed by atoms with Gasteiger partial charge in [0.25, 0.3) is 5.89 Å². The van der Waals surface area contributed by atoms with Crippen LogP contribution in [0.5, 0.6) is 5.75 Å². The molecule has 0 aliphatic carbocycles. The van der Waals surface area contributed by atoms with E-state index in [1.54, 1.807) is 7.11 Å². The Morgan fingerprint density at radius 2 is 2.19 bits per heavy atom. The molecule has 1 unspecified atom stereocenters. The lowest BCUT2D eigenvalue weighted by molar-refractivity contribution is 0.306. The van der Waals surface area contributed by atoms with Gasteiger partial charge < -0.3 is 19.9 Å². The quantitative estimate of drug-likeness (QED) is 0.904. The summed E-state index contributed by atoms with van der Waals surface area (Å²) in [5.74, 6) is 1.79. The van der Waals surface area contributed by atoms with Crippen LogP contribution in [0.25, 0.3) is 11.5 Å².